The standard InChI is InChI=1S/C17H18N2O2/c1-3-19-14-10-6-5-9-13(14)18-17(19)16(20)12-8-4-7-11-15(12)21-2/h4-11,16,20H,3H2,1-2H3. The first-order valence-corrected chi connectivity index (χ1v) is 7.02. The van der Waals surface area contributed by atoms with Crippen LogP contribution >= 0.6 is 0 Å². The molecule has 0 aliphatic rings. The van der Waals surface area contributed by atoms with Gasteiger partial charge in [0.15, 0.2) is 0 Å². The van der Waals surface area contributed by atoms with Gasteiger partial charge in [-0.1, -0.05) is 30.3 Å². The van der Waals surface area contributed by atoms with Gasteiger partial charge in [0.1, 0.15) is 17.7 Å². The van der Waals surface area contributed by atoms with Crippen LogP contribution in [0.5, 0.6) is 5.75 Å². The zero-order valence-corrected chi connectivity index (χ0v) is 12.2. The van der Waals surface area contributed by atoms with Crippen molar-refractivity contribution in [3.63, 3.8) is 0 Å². The molecular weight excluding hydrogens is 264 g/mol. The van der Waals surface area contributed by atoms with E-state index in [9.17, 15) is 5.11 Å². The molecule has 3 aromatic rings. The third-order valence-electron chi connectivity index (χ3n) is 3.68. The Labute approximate surface area is 123 Å². The average Bonchev–Trinajstić information content (AvgIpc) is 2.92. The molecule has 0 bridgehead atoms. The van der Waals surface area contributed by atoms with Crippen LogP contribution in [0, 0.1) is 0 Å². The number of fused-ring (bicyclic) bond motifs is 1. The number of ether oxygens (including phenoxy) is 1. The first-order chi connectivity index (χ1) is 10.3. The molecule has 0 spiro atoms. The number of para-hydroxylation sites is 3. The first-order valence-electron chi connectivity index (χ1n) is 7.02. The molecule has 4 heteroatoms. The smallest absolute Gasteiger partial charge is 0.143 e. The van der Waals surface area contributed by atoms with Crippen LogP contribution in [-0.4, -0.2) is 21.8 Å². The quantitative estimate of drug-likeness (QED) is 0.799. The Morgan fingerprint density at radius 1 is 1.14 bits per heavy atom. The number of rotatable bonds is 4. The van der Waals surface area contributed by atoms with Crippen molar-refractivity contribution >= 4 is 11.0 Å². The number of methoxy groups -OCH3 is 1. The largest absolute Gasteiger partial charge is 0.496 e. The third kappa shape index (κ3) is 2.28. The Morgan fingerprint density at radius 3 is 2.62 bits per heavy atom. The molecule has 0 fully saturated rings. The van der Waals surface area contributed by atoms with E-state index in [1.807, 2.05) is 60.0 Å². The van der Waals surface area contributed by atoms with Gasteiger partial charge in [0.25, 0.3) is 0 Å². The minimum Gasteiger partial charge on any atom is -0.496 e. The van der Waals surface area contributed by atoms with Crippen molar-refractivity contribution in [2.45, 2.75) is 19.6 Å². The van der Waals surface area contributed by atoms with Gasteiger partial charge in [-0.2, -0.15) is 0 Å². The summed E-state index contributed by atoms with van der Waals surface area (Å²) in [5.74, 6) is 1.31. The van der Waals surface area contributed by atoms with Gasteiger partial charge >= 0.3 is 0 Å². The Hall–Kier alpha value is -2.33. The Kier molecular flexibility index (Phi) is 3.62. The fourth-order valence-corrected chi connectivity index (χ4v) is 2.67. The maximum Gasteiger partial charge on any atom is 0.143 e. The molecule has 0 saturated carbocycles. The van der Waals surface area contributed by atoms with Gasteiger partial charge in [0.2, 0.25) is 0 Å². The lowest BCUT2D eigenvalue weighted by molar-refractivity contribution is 0.200. The number of aliphatic hydroxyl groups excluding tert-OH is 1. The Morgan fingerprint density at radius 2 is 1.86 bits per heavy atom. The Bertz CT molecular complexity index is 764. The fraction of sp³-hybridized carbons (Fsp3) is 0.235. The number of benzene rings is 2. The van der Waals surface area contributed by atoms with Crippen molar-refractivity contribution in [3.05, 3.63) is 59.9 Å². The second kappa shape index (κ2) is 5.58. The summed E-state index contributed by atoms with van der Waals surface area (Å²) in [5.41, 5.74) is 2.65. The number of hydrogen-bond donors (Lipinski definition) is 1. The van der Waals surface area contributed by atoms with Gasteiger partial charge < -0.3 is 14.4 Å². The summed E-state index contributed by atoms with van der Waals surface area (Å²) in [6.45, 7) is 2.80. The fourth-order valence-electron chi connectivity index (χ4n) is 2.67. The van der Waals surface area contributed by atoms with Crippen LogP contribution in [-0.2, 0) is 6.54 Å². The van der Waals surface area contributed by atoms with E-state index < -0.39 is 6.10 Å². The van der Waals surface area contributed by atoms with Crippen LogP contribution in [0.1, 0.15) is 24.4 Å². The highest BCUT2D eigenvalue weighted by molar-refractivity contribution is 5.76. The second-order valence-corrected chi connectivity index (χ2v) is 4.85. The monoisotopic (exact) mass is 282 g/mol. The van der Waals surface area contributed by atoms with E-state index >= 15 is 0 Å². The van der Waals surface area contributed by atoms with Gasteiger partial charge in [-0.05, 0) is 25.1 Å². The van der Waals surface area contributed by atoms with Crippen LogP contribution in [0.3, 0.4) is 0 Å². The zero-order valence-electron chi connectivity index (χ0n) is 12.2. The number of imidazole rings is 1. The molecule has 0 aliphatic heterocycles. The van der Waals surface area contributed by atoms with Gasteiger partial charge in [-0.3, -0.25) is 0 Å². The molecular formula is C17H18N2O2. The second-order valence-electron chi connectivity index (χ2n) is 4.85. The highest BCUT2D eigenvalue weighted by atomic mass is 16.5. The molecule has 1 atom stereocenters. The number of aliphatic hydroxyl groups is 1. The minimum absolute atomic E-state index is 0.642. The van der Waals surface area contributed by atoms with Crippen molar-refractivity contribution in [3.8, 4) is 5.75 Å². The molecule has 0 amide bonds. The van der Waals surface area contributed by atoms with Crippen LogP contribution in [0.15, 0.2) is 48.5 Å². The highest BCUT2D eigenvalue weighted by Crippen LogP contribution is 2.31. The lowest BCUT2D eigenvalue weighted by Gasteiger charge is -2.15. The van der Waals surface area contributed by atoms with E-state index in [1.165, 1.54) is 0 Å². The lowest BCUT2D eigenvalue weighted by Crippen LogP contribution is -2.10. The topological polar surface area (TPSA) is 47.3 Å². The molecule has 1 unspecified atom stereocenters. The first kappa shape index (κ1) is 13.6. The summed E-state index contributed by atoms with van der Waals surface area (Å²) in [4.78, 5) is 4.59. The van der Waals surface area contributed by atoms with E-state index in [0.29, 0.717) is 11.6 Å². The van der Waals surface area contributed by atoms with E-state index in [2.05, 4.69) is 4.98 Å². The van der Waals surface area contributed by atoms with Crippen LogP contribution < -0.4 is 4.74 Å². The van der Waals surface area contributed by atoms with Crippen molar-refractivity contribution < 1.29 is 9.84 Å². The zero-order chi connectivity index (χ0) is 14.8. The summed E-state index contributed by atoms with van der Waals surface area (Å²) in [6.07, 6.45) is -0.812. The van der Waals surface area contributed by atoms with Crippen molar-refractivity contribution in [1.29, 1.82) is 0 Å². The molecule has 108 valence electrons. The molecule has 3 rings (SSSR count). The predicted molar refractivity (Wildman–Crippen MR) is 82.5 cm³/mol. The summed E-state index contributed by atoms with van der Waals surface area (Å²) in [7, 11) is 1.61. The van der Waals surface area contributed by atoms with Crippen molar-refractivity contribution in [2.75, 3.05) is 7.11 Å². The number of hydrogen-bond acceptors (Lipinski definition) is 3. The van der Waals surface area contributed by atoms with Crippen LogP contribution in [0.4, 0.5) is 0 Å². The van der Waals surface area contributed by atoms with E-state index in [4.69, 9.17) is 4.74 Å². The summed E-state index contributed by atoms with van der Waals surface area (Å²) in [5, 5.41) is 10.8. The number of aromatic nitrogens is 2. The number of aryl methyl sites for hydroxylation is 1. The van der Waals surface area contributed by atoms with Gasteiger partial charge in [-0.25, -0.2) is 4.98 Å². The normalized spacial score (nSPS) is 12.5. The average molecular weight is 282 g/mol. The molecule has 0 aliphatic carbocycles. The molecule has 0 saturated heterocycles. The predicted octanol–water partition coefficient (Wildman–Crippen LogP) is 3.15. The molecule has 4 nitrogen and oxygen atoms in total. The molecule has 1 heterocycles. The van der Waals surface area contributed by atoms with Crippen molar-refractivity contribution in [2.24, 2.45) is 0 Å². The molecule has 1 N–H and O–H groups in total. The summed E-state index contributed by atoms with van der Waals surface area (Å²) in [6, 6.07) is 15.4. The van der Waals surface area contributed by atoms with Gasteiger partial charge in [0, 0.05) is 12.1 Å². The SMILES string of the molecule is CCn1c(C(O)c2ccccc2OC)nc2ccccc21. The Balaban J connectivity index is 2.15. The van der Waals surface area contributed by atoms with Crippen molar-refractivity contribution in [1.82, 2.24) is 9.55 Å². The molecule has 21 heavy (non-hydrogen) atoms. The number of nitrogens with zero attached hydrogens (tertiary/aromatic N) is 2. The minimum atomic E-state index is -0.812. The molecule has 0 radical (unpaired) electrons. The van der Waals surface area contributed by atoms with Gasteiger partial charge in [0.05, 0.1) is 18.1 Å². The van der Waals surface area contributed by atoms with E-state index in [1.54, 1.807) is 7.11 Å². The lowest BCUT2D eigenvalue weighted by atomic mass is 10.1. The highest BCUT2D eigenvalue weighted by Gasteiger charge is 2.21. The maximum absolute atomic E-state index is 10.8. The molecule has 1 aromatic heterocycles. The summed E-state index contributed by atoms with van der Waals surface area (Å²) >= 11 is 0. The van der Waals surface area contributed by atoms with Crippen LogP contribution in [0.25, 0.3) is 11.0 Å². The van der Waals surface area contributed by atoms with E-state index in [-0.39, 0.29) is 0 Å². The van der Waals surface area contributed by atoms with Crippen LogP contribution in [0.2, 0.25) is 0 Å². The molecule has 2 aromatic carbocycles. The summed E-state index contributed by atoms with van der Waals surface area (Å²) < 4.78 is 7.37. The third-order valence-corrected chi connectivity index (χ3v) is 3.68. The van der Waals surface area contributed by atoms with Gasteiger partial charge in [-0.15, -0.1) is 0 Å². The van der Waals surface area contributed by atoms with E-state index in [0.717, 1.165) is 23.1 Å². The maximum atomic E-state index is 10.8.